The number of hydrogen-bond donors (Lipinski definition) is 0. The molecule has 7 aromatic rings. The lowest BCUT2D eigenvalue weighted by molar-refractivity contribution is 0.451. The van der Waals surface area contributed by atoms with Gasteiger partial charge in [-0.15, -0.1) is 5.10 Å². The first-order chi connectivity index (χ1) is 19.8. The van der Waals surface area contributed by atoms with Gasteiger partial charge in [0.2, 0.25) is 5.82 Å². The van der Waals surface area contributed by atoms with E-state index in [9.17, 15) is 0 Å². The van der Waals surface area contributed by atoms with Crippen LogP contribution in [0.4, 0.5) is 0 Å². The molecule has 0 saturated heterocycles. The first kappa shape index (κ1) is 23.7. The molecule has 0 spiro atoms. The average Bonchev–Trinajstić information content (AvgIpc) is 3.65. The summed E-state index contributed by atoms with van der Waals surface area (Å²) in [6, 6.07) is 45.7. The highest BCUT2D eigenvalue weighted by atomic mass is 15.6. The fourth-order valence-electron chi connectivity index (χ4n) is 5.59. The van der Waals surface area contributed by atoms with E-state index in [0.717, 1.165) is 39.3 Å². The van der Waals surface area contributed by atoms with Crippen LogP contribution in [0, 0.1) is 6.92 Å². The zero-order valence-corrected chi connectivity index (χ0v) is 22.0. The van der Waals surface area contributed by atoms with Gasteiger partial charge >= 0.3 is 0 Å². The number of aryl methyl sites for hydroxylation is 1. The topological polar surface area (TPSA) is 60.9 Å². The number of tetrazole rings is 1. The summed E-state index contributed by atoms with van der Waals surface area (Å²) in [5.41, 5.74) is 6.96. The van der Waals surface area contributed by atoms with Gasteiger partial charge in [0.05, 0.1) is 0 Å². The highest BCUT2D eigenvalue weighted by Gasteiger charge is 2.42. The van der Waals surface area contributed by atoms with Gasteiger partial charge in [0.15, 0.2) is 0 Å². The van der Waals surface area contributed by atoms with Crippen LogP contribution < -0.4 is 0 Å². The minimum absolute atomic E-state index is 0.617. The zero-order chi connectivity index (χ0) is 26.9. The predicted molar refractivity (Wildman–Crippen MR) is 157 cm³/mol. The Kier molecular flexibility index (Phi) is 5.78. The van der Waals surface area contributed by atoms with Gasteiger partial charge in [0.25, 0.3) is 0 Å². The average molecular weight is 519 g/mol. The third-order valence-electron chi connectivity index (χ3n) is 7.43. The Morgan fingerprint density at radius 1 is 0.600 bits per heavy atom. The van der Waals surface area contributed by atoms with Crippen molar-refractivity contribution in [3.05, 3.63) is 162 Å². The van der Waals surface area contributed by atoms with Gasteiger partial charge in [-0.05, 0) is 46.2 Å². The summed E-state index contributed by atoms with van der Waals surface area (Å²) in [6.45, 7) is 2.09. The molecule has 40 heavy (non-hydrogen) atoms. The predicted octanol–water partition coefficient (Wildman–Crippen LogP) is 6.80. The third-order valence-corrected chi connectivity index (χ3v) is 7.43. The summed E-state index contributed by atoms with van der Waals surface area (Å²) >= 11 is 0. The summed E-state index contributed by atoms with van der Waals surface area (Å²) in [6.07, 6.45) is 2.02. The molecular formula is C34H26N6. The van der Waals surface area contributed by atoms with Gasteiger partial charge in [-0.1, -0.05) is 127 Å². The molecule has 0 fully saturated rings. The van der Waals surface area contributed by atoms with Crippen LogP contribution >= 0.6 is 0 Å². The number of rotatable bonds is 6. The number of imidazole rings is 1. The summed E-state index contributed by atoms with van der Waals surface area (Å²) in [5, 5.41) is 13.7. The molecule has 4 aromatic carbocycles. The first-order valence-corrected chi connectivity index (χ1v) is 13.3. The zero-order valence-electron chi connectivity index (χ0n) is 22.0. The van der Waals surface area contributed by atoms with Crippen molar-refractivity contribution in [1.82, 2.24) is 29.6 Å². The summed E-state index contributed by atoms with van der Waals surface area (Å²) in [4.78, 5) is 5.06. The second kappa shape index (κ2) is 9.75. The molecule has 0 bridgehead atoms. The Morgan fingerprint density at radius 2 is 1.15 bits per heavy atom. The molecule has 0 aliphatic carbocycles. The van der Waals surface area contributed by atoms with Crippen molar-refractivity contribution in [3.63, 3.8) is 0 Å². The molecule has 0 N–H and O–H groups in total. The molecule has 3 heterocycles. The number of aromatic nitrogens is 6. The molecular weight excluding hydrogens is 492 g/mol. The maximum atomic E-state index is 5.06. The fourth-order valence-corrected chi connectivity index (χ4v) is 5.59. The summed E-state index contributed by atoms with van der Waals surface area (Å²) in [7, 11) is 0. The van der Waals surface area contributed by atoms with E-state index in [1.165, 1.54) is 5.56 Å². The molecule has 0 amide bonds. The van der Waals surface area contributed by atoms with Crippen molar-refractivity contribution in [2.45, 2.75) is 12.5 Å². The molecule has 0 saturated carbocycles. The Hall–Kier alpha value is -5.36. The molecule has 0 aliphatic heterocycles. The molecule has 6 heteroatoms. The van der Waals surface area contributed by atoms with E-state index in [1.54, 1.807) is 0 Å². The Labute approximate surface area is 232 Å². The third kappa shape index (κ3) is 3.73. The van der Waals surface area contributed by atoms with Crippen LogP contribution in [0.25, 0.3) is 28.4 Å². The van der Waals surface area contributed by atoms with Gasteiger partial charge in [-0.2, -0.15) is 0 Å². The second-order valence-corrected chi connectivity index (χ2v) is 9.83. The van der Waals surface area contributed by atoms with Crippen molar-refractivity contribution in [2.75, 3.05) is 0 Å². The van der Waals surface area contributed by atoms with Crippen LogP contribution in [0.5, 0.6) is 0 Å². The summed E-state index contributed by atoms with van der Waals surface area (Å²) < 4.78 is 4.03. The molecule has 192 valence electrons. The number of nitrogens with zero attached hydrogens (tertiary/aromatic N) is 6. The van der Waals surface area contributed by atoms with E-state index in [-0.39, 0.29) is 0 Å². The molecule has 3 aromatic heterocycles. The monoisotopic (exact) mass is 518 g/mol. The van der Waals surface area contributed by atoms with E-state index < -0.39 is 5.54 Å². The molecule has 0 radical (unpaired) electrons. The lowest BCUT2D eigenvalue weighted by Gasteiger charge is -2.36. The molecule has 0 unspecified atom stereocenters. The van der Waals surface area contributed by atoms with Gasteiger partial charge in [0.1, 0.15) is 22.6 Å². The van der Waals surface area contributed by atoms with Gasteiger partial charge in [-0.3, -0.25) is 4.40 Å². The minimum Gasteiger partial charge on any atom is -0.296 e. The van der Waals surface area contributed by atoms with Crippen molar-refractivity contribution in [1.29, 1.82) is 0 Å². The first-order valence-electron chi connectivity index (χ1n) is 13.3. The van der Waals surface area contributed by atoms with Crippen molar-refractivity contribution < 1.29 is 0 Å². The van der Waals surface area contributed by atoms with E-state index >= 15 is 0 Å². The maximum absolute atomic E-state index is 5.06. The lowest BCUT2D eigenvalue weighted by Crippen LogP contribution is -2.39. The highest BCUT2D eigenvalue weighted by molar-refractivity contribution is 5.79. The van der Waals surface area contributed by atoms with Crippen LogP contribution in [0.3, 0.4) is 0 Å². The van der Waals surface area contributed by atoms with E-state index in [1.807, 2.05) is 47.3 Å². The highest BCUT2D eigenvalue weighted by Crippen LogP contribution is 2.43. The van der Waals surface area contributed by atoms with E-state index in [2.05, 4.69) is 114 Å². The number of hydrogen-bond acceptors (Lipinski definition) is 4. The number of fused-ring (bicyclic) bond motifs is 1. The maximum Gasteiger partial charge on any atom is 0.202 e. The lowest BCUT2D eigenvalue weighted by atomic mass is 9.77. The Bertz CT molecular complexity index is 1790. The summed E-state index contributed by atoms with van der Waals surface area (Å²) in [5.74, 6) is 0.617. The van der Waals surface area contributed by atoms with Crippen molar-refractivity contribution in [3.8, 4) is 22.8 Å². The second-order valence-electron chi connectivity index (χ2n) is 9.83. The molecule has 0 atom stereocenters. The Balaban J connectivity index is 1.60. The molecule has 0 aliphatic rings. The number of benzene rings is 4. The molecule has 7 rings (SSSR count). The van der Waals surface area contributed by atoms with E-state index in [0.29, 0.717) is 5.82 Å². The van der Waals surface area contributed by atoms with Crippen molar-refractivity contribution in [2.24, 2.45) is 0 Å². The molecule has 6 nitrogen and oxygen atoms in total. The SMILES string of the molecule is Cc1ccc(-c2nc3ccccn3c2-c2nnnn2C(c2ccccc2)(c2ccccc2)c2ccccc2)cc1. The minimum atomic E-state index is -0.855. The quantitative estimate of drug-likeness (QED) is 0.227. The van der Waals surface area contributed by atoms with Crippen LogP contribution in [-0.4, -0.2) is 29.6 Å². The van der Waals surface area contributed by atoms with Gasteiger partial charge in [-0.25, -0.2) is 9.67 Å². The van der Waals surface area contributed by atoms with Crippen LogP contribution in [0.1, 0.15) is 22.3 Å². The van der Waals surface area contributed by atoms with Crippen LogP contribution in [-0.2, 0) is 5.54 Å². The largest absolute Gasteiger partial charge is 0.296 e. The van der Waals surface area contributed by atoms with Crippen LogP contribution in [0.2, 0.25) is 0 Å². The van der Waals surface area contributed by atoms with E-state index in [4.69, 9.17) is 15.3 Å². The normalized spacial score (nSPS) is 11.6. The Morgan fingerprint density at radius 3 is 1.73 bits per heavy atom. The fraction of sp³-hybridized carbons (Fsp3) is 0.0588. The van der Waals surface area contributed by atoms with Crippen LogP contribution in [0.15, 0.2) is 140 Å². The van der Waals surface area contributed by atoms with Gasteiger partial charge in [0, 0.05) is 11.8 Å². The number of pyridine rings is 1. The smallest absolute Gasteiger partial charge is 0.202 e. The standard InChI is InChI=1S/C34H26N6/c1-25-20-22-26(23-21-25)31-32(39-24-12-11-19-30(39)35-31)33-36-37-38-40(33)34(27-13-5-2-6-14-27,28-15-7-3-8-16-28)29-17-9-4-10-18-29/h2-24H,1H3. The van der Waals surface area contributed by atoms with Crippen molar-refractivity contribution >= 4 is 5.65 Å². The van der Waals surface area contributed by atoms with Gasteiger partial charge < -0.3 is 0 Å².